The third-order valence-electron chi connectivity index (χ3n) is 2.01. The molecule has 0 spiro atoms. The third kappa shape index (κ3) is 2.69. The number of hydrogen-bond acceptors (Lipinski definition) is 4. The Hall–Kier alpha value is -1.63. The van der Waals surface area contributed by atoms with E-state index in [9.17, 15) is 18.0 Å². The van der Waals surface area contributed by atoms with E-state index in [1.54, 1.807) is 0 Å². The van der Waals surface area contributed by atoms with E-state index in [0.29, 0.717) is 0 Å². The third-order valence-corrected chi connectivity index (χ3v) is 3.74. The van der Waals surface area contributed by atoms with Gasteiger partial charge in [0.25, 0.3) is 5.56 Å². The van der Waals surface area contributed by atoms with Gasteiger partial charge in [0.15, 0.2) is 9.84 Å². The van der Waals surface area contributed by atoms with Gasteiger partial charge in [-0.2, -0.15) is 0 Å². The Morgan fingerprint density at radius 2 is 2.12 bits per heavy atom. The van der Waals surface area contributed by atoms with Crippen LogP contribution < -0.4 is 5.56 Å². The van der Waals surface area contributed by atoms with Crippen molar-refractivity contribution in [2.45, 2.75) is 18.4 Å². The number of sulfone groups is 1. The molecule has 0 unspecified atom stereocenters. The van der Waals surface area contributed by atoms with E-state index in [1.807, 2.05) is 0 Å². The average Bonchev–Trinajstić information content (AvgIpc) is 2.20. The van der Waals surface area contributed by atoms with Gasteiger partial charge in [-0.3, -0.25) is 9.59 Å². The number of nitrogens with zero attached hydrogens (tertiary/aromatic N) is 1. The highest BCUT2D eigenvalue weighted by Gasteiger charge is 2.13. The zero-order valence-electron chi connectivity index (χ0n) is 8.58. The van der Waals surface area contributed by atoms with Crippen molar-refractivity contribution in [2.24, 2.45) is 0 Å². The number of aromatic nitrogens is 1. The zero-order valence-corrected chi connectivity index (χ0v) is 9.40. The van der Waals surface area contributed by atoms with Crippen molar-refractivity contribution in [1.29, 1.82) is 0 Å². The molecule has 1 aromatic rings. The molecule has 0 amide bonds. The van der Waals surface area contributed by atoms with Crippen LogP contribution in [0.3, 0.4) is 0 Å². The lowest BCUT2D eigenvalue weighted by molar-refractivity contribution is -0.137. The highest BCUT2D eigenvalue weighted by molar-refractivity contribution is 7.91. The molecular weight excluding hydrogens is 234 g/mol. The molecule has 0 aliphatic rings. The normalized spacial score (nSPS) is 11.3. The fourth-order valence-electron chi connectivity index (χ4n) is 1.13. The van der Waals surface area contributed by atoms with Crippen LogP contribution in [0, 0.1) is 0 Å². The lowest BCUT2D eigenvalue weighted by atomic mass is 10.4. The van der Waals surface area contributed by atoms with E-state index in [2.05, 4.69) is 0 Å². The molecule has 1 heterocycles. The molecule has 0 saturated heterocycles. The summed E-state index contributed by atoms with van der Waals surface area (Å²) in [4.78, 5) is 21.7. The maximum Gasteiger partial charge on any atom is 0.323 e. The van der Waals surface area contributed by atoms with E-state index < -0.39 is 27.9 Å². The molecule has 1 rings (SSSR count). The van der Waals surface area contributed by atoms with Gasteiger partial charge in [0.1, 0.15) is 6.54 Å². The van der Waals surface area contributed by atoms with Crippen LogP contribution >= 0.6 is 0 Å². The summed E-state index contributed by atoms with van der Waals surface area (Å²) in [5, 5.41) is 8.49. The van der Waals surface area contributed by atoms with Gasteiger partial charge in [0.2, 0.25) is 0 Å². The van der Waals surface area contributed by atoms with Crippen molar-refractivity contribution in [2.75, 3.05) is 5.75 Å². The van der Waals surface area contributed by atoms with Crippen molar-refractivity contribution < 1.29 is 18.3 Å². The first kappa shape index (κ1) is 12.4. The van der Waals surface area contributed by atoms with Gasteiger partial charge in [-0.15, -0.1) is 0 Å². The Kier molecular flexibility index (Phi) is 3.48. The van der Waals surface area contributed by atoms with Gasteiger partial charge < -0.3 is 9.67 Å². The van der Waals surface area contributed by atoms with Crippen molar-refractivity contribution >= 4 is 15.8 Å². The number of aliphatic carboxylic acids is 1. The Bertz CT molecular complexity index is 558. The van der Waals surface area contributed by atoms with Gasteiger partial charge in [-0.25, -0.2) is 8.42 Å². The van der Waals surface area contributed by atoms with Crippen molar-refractivity contribution in [3.63, 3.8) is 0 Å². The smallest absolute Gasteiger partial charge is 0.323 e. The van der Waals surface area contributed by atoms with Gasteiger partial charge in [0, 0.05) is 12.3 Å². The first-order valence-corrected chi connectivity index (χ1v) is 6.17. The second-order valence-corrected chi connectivity index (χ2v) is 5.40. The SMILES string of the molecule is CCS(=O)(=O)c1ccn(CC(=O)O)c(=O)c1. The predicted octanol–water partition coefficient (Wildman–Crippen LogP) is -0.273. The molecule has 7 heteroatoms. The molecule has 0 aromatic carbocycles. The zero-order chi connectivity index (χ0) is 12.3. The summed E-state index contributed by atoms with van der Waals surface area (Å²) in [5.74, 6) is -1.26. The van der Waals surface area contributed by atoms with E-state index >= 15 is 0 Å². The van der Waals surface area contributed by atoms with Crippen LogP contribution in [0.25, 0.3) is 0 Å². The number of hydrogen-bond donors (Lipinski definition) is 1. The van der Waals surface area contributed by atoms with Crippen LogP contribution in [0.15, 0.2) is 28.0 Å². The topological polar surface area (TPSA) is 93.4 Å². The summed E-state index contributed by atoms with van der Waals surface area (Å²) >= 11 is 0. The summed E-state index contributed by atoms with van der Waals surface area (Å²) < 4.78 is 23.8. The first-order valence-electron chi connectivity index (χ1n) is 4.52. The molecule has 0 aliphatic carbocycles. The van der Waals surface area contributed by atoms with Crippen LogP contribution in [0.1, 0.15) is 6.92 Å². The maximum absolute atomic E-state index is 11.4. The molecule has 0 saturated carbocycles. The van der Waals surface area contributed by atoms with Gasteiger partial charge in [-0.1, -0.05) is 6.92 Å². The molecular formula is C9H11NO5S. The standard InChI is InChI=1S/C9H11NO5S/c1-2-16(14,15)7-3-4-10(6-9(12)13)8(11)5-7/h3-5H,2,6H2,1H3,(H,12,13). The molecule has 0 radical (unpaired) electrons. The van der Waals surface area contributed by atoms with E-state index in [1.165, 1.54) is 19.2 Å². The minimum Gasteiger partial charge on any atom is -0.480 e. The number of pyridine rings is 1. The Morgan fingerprint density at radius 3 is 2.56 bits per heavy atom. The van der Waals surface area contributed by atoms with Gasteiger partial charge in [0.05, 0.1) is 10.6 Å². The Balaban J connectivity index is 3.20. The predicted molar refractivity (Wildman–Crippen MR) is 56.1 cm³/mol. The van der Waals surface area contributed by atoms with Crippen LogP contribution in [-0.4, -0.2) is 29.8 Å². The van der Waals surface area contributed by atoms with Gasteiger partial charge >= 0.3 is 5.97 Å². The quantitative estimate of drug-likeness (QED) is 0.787. The minimum atomic E-state index is -3.43. The molecule has 16 heavy (non-hydrogen) atoms. The number of carboxylic acids is 1. The minimum absolute atomic E-state index is 0.0818. The molecule has 1 aromatic heterocycles. The highest BCUT2D eigenvalue weighted by Crippen LogP contribution is 2.07. The van der Waals surface area contributed by atoms with Crippen LogP contribution in [0.4, 0.5) is 0 Å². The molecule has 1 N–H and O–H groups in total. The second-order valence-electron chi connectivity index (χ2n) is 3.13. The highest BCUT2D eigenvalue weighted by atomic mass is 32.2. The van der Waals surface area contributed by atoms with E-state index in [-0.39, 0.29) is 10.6 Å². The number of carbonyl (C=O) groups is 1. The van der Waals surface area contributed by atoms with Crippen molar-refractivity contribution in [3.8, 4) is 0 Å². The number of rotatable bonds is 4. The van der Waals surface area contributed by atoms with Crippen LogP contribution in [0.2, 0.25) is 0 Å². The molecule has 6 nitrogen and oxygen atoms in total. The van der Waals surface area contributed by atoms with Crippen LogP contribution in [0.5, 0.6) is 0 Å². The summed E-state index contributed by atoms with van der Waals surface area (Å²) in [5.41, 5.74) is -0.642. The number of carboxylic acid groups (broad SMARTS) is 1. The Morgan fingerprint density at radius 1 is 1.50 bits per heavy atom. The summed E-state index contributed by atoms with van der Waals surface area (Å²) in [6.07, 6.45) is 1.17. The van der Waals surface area contributed by atoms with E-state index in [4.69, 9.17) is 5.11 Å². The first-order chi connectivity index (χ1) is 7.36. The molecule has 0 atom stereocenters. The molecule has 0 aliphatic heterocycles. The monoisotopic (exact) mass is 245 g/mol. The van der Waals surface area contributed by atoms with E-state index in [0.717, 1.165) is 10.6 Å². The average molecular weight is 245 g/mol. The van der Waals surface area contributed by atoms with Gasteiger partial charge in [-0.05, 0) is 6.07 Å². The van der Waals surface area contributed by atoms with Crippen LogP contribution in [-0.2, 0) is 21.2 Å². The molecule has 88 valence electrons. The lowest BCUT2D eigenvalue weighted by Crippen LogP contribution is -2.24. The fourth-order valence-corrected chi connectivity index (χ4v) is 2.01. The summed E-state index contributed by atoms with van der Waals surface area (Å²) in [6, 6.07) is 2.16. The maximum atomic E-state index is 11.4. The molecule has 0 fully saturated rings. The van der Waals surface area contributed by atoms with Crippen molar-refractivity contribution in [1.82, 2.24) is 4.57 Å². The largest absolute Gasteiger partial charge is 0.480 e. The summed E-state index contributed by atoms with van der Waals surface area (Å²) in [6.45, 7) is 0.989. The summed E-state index contributed by atoms with van der Waals surface area (Å²) in [7, 11) is -3.43. The fraction of sp³-hybridized carbons (Fsp3) is 0.333. The van der Waals surface area contributed by atoms with Crippen molar-refractivity contribution in [3.05, 3.63) is 28.7 Å². The second kappa shape index (κ2) is 4.48. The Labute approximate surface area is 92.1 Å². The lowest BCUT2D eigenvalue weighted by Gasteiger charge is -2.04. The molecule has 0 bridgehead atoms.